The highest BCUT2D eigenvalue weighted by Gasteiger charge is 1.82. The van der Waals surface area contributed by atoms with Gasteiger partial charge in [0.05, 0.1) is 0 Å². The molecule has 8 nitrogen and oxygen atoms in total. The van der Waals surface area contributed by atoms with Crippen molar-refractivity contribution in [2.24, 2.45) is 0 Å². The lowest BCUT2D eigenvalue weighted by atomic mass is 10.5. The maximum absolute atomic E-state index is 9.37. The molecule has 0 bridgehead atoms. The minimum atomic E-state index is -0.745. The molecule has 0 aliphatic carbocycles. The SMILES string of the molecule is CCC(=O)O.CCC(=O)O.CCC(=O)O.CCC(=O)O. The van der Waals surface area contributed by atoms with Gasteiger partial charge in [-0.25, -0.2) is 0 Å². The van der Waals surface area contributed by atoms with Crippen LogP contribution in [0.4, 0.5) is 0 Å². The second-order valence-corrected chi connectivity index (χ2v) is 2.99. The minimum Gasteiger partial charge on any atom is -0.481 e. The Hall–Kier alpha value is -2.12. The molecular weight excluding hydrogens is 272 g/mol. The summed E-state index contributed by atoms with van der Waals surface area (Å²) in [5.41, 5.74) is 0. The largest absolute Gasteiger partial charge is 0.481 e. The van der Waals surface area contributed by atoms with E-state index in [0.29, 0.717) is 0 Å². The third kappa shape index (κ3) is 102. The van der Waals surface area contributed by atoms with E-state index in [-0.39, 0.29) is 25.7 Å². The smallest absolute Gasteiger partial charge is 0.303 e. The summed E-state index contributed by atoms with van der Waals surface area (Å²) in [6, 6.07) is 0. The molecule has 8 heteroatoms. The van der Waals surface area contributed by atoms with Crippen LogP contribution < -0.4 is 0 Å². The maximum Gasteiger partial charge on any atom is 0.303 e. The van der Waals surface area contributed by atoms with E-state index in [1.54, 1.807) is 27.7 Å². The first-order valence-corrected chi connectivity index (χ1v) is 5.95. The number of aliphatic carboxylic acids is 4. The van der Waals surface area contributed by atoms with Crippen LogP contribution in [0.5, 0.6) is 0 Å². The topological polar surface area (TPSA) is 149 Å². The molecule has 0 heterocycles. The molecule has 0 rings (SSSR count). The predicted octanol–water partition coefficient (Wildman–Crippen LogP) is 1.92. The van der Waals surface area contributed by atoms with Crippen LogP contribution in [0.15, 0.2) is 0 Å². The number of hydrogen-bond acceptors (Lipinski definition) is 4. The van der Waals surface area contributed by atoms with Gasteiger partial charge in [0, 0.05) is 25.7 Å². The molecule has 20 heavy (non-hydrogen) atoms. The van der Waals surface area contributed by atoms with E-state index in [1.165, 1.54) is 0 Å². The lowest BCUT2D eigenvalue weighted by Crippen LogP contribution is -1.86. The Bertz CT molecular complexity index is 217. The molecule has 0 saturated carbocycles. The fourth-order valence-electron chi connectivity index (χ4n) is 0. The zero-order valence-corrected chi connectivity index (χ0v) is 12.3. The fraction of sp³-hybridized carbons (Fsp3) is 0.667. The molecule has 4 N–H and O–H groups in total. The summed E-state index contributed by atoms with van der Waals surface area (Å²) in [7, 11) is 0. The van der Waals surface area contributed by atoms with E-state index in [9.17, 15) is 19.2 Å². The Kier molecular flexibility index (Phi) is 29.2. The number of carbonyl (C=O) groups is 4. The second kappa shape index (κ2) is 22.1. The molecule has 0 amide bonds. The summed E-state index contributed by atoms with van der Waals surface area (Å²) >= 11 is 0. The van der Waals surface area contributed by atoms with Crippen LogP contribution >= 0.6 is 0 Å². The lowest BCUT2D eigenvalue weighted by Gasteiger charge is -1.71. The average molecular weight is 296 g/mol. The molecule has 0 saturated heterocycles. The van der Waals surface area contributed by atoms with Crippen molar-refractivity contribution >= 4 is 23.9 Å². The highest BCUT2D eigenvalue weighted by atomic mass is 16.4. The number of carboxylic acid groups (broad SMARTS) is 4. The minimum absolute atomic E-state index is 0.222. The van der Waals surface area contributed by atoms with Gasteiger partial charge in [0.2, 0.25) is 0 Å². The van der Waals surface area contributed by atoms with Gasteiger partial charge in [0.15, 0.2) is 0 Å². The molecule has 0 atom stereocenters. The van der Waals surface area contributed by atoms with Crippen molar-refractivity contribution in [2.75, 3.05) is 0 Å². The molecule has 0 fully saturated rings. The van der Waals surface area contributed by atoms with Crippen molar-refractivity contribution in [2.45, 2.75) is 53.4 Å². The molecule has 120 valence electrons. The number of rotatable bonds is 4. The van der Waals surface area contributed by atoms with E-state index in [2.05, 4.69) is 0 Å². The molecule has 0 radical (unpaired) electrons. The summed E-state index contributed by atoms with van der Waals surface area (Å²) in [4.78, 5) is 37.5. The third-order valence-corrected chi connectivity index (χ3v) is 1.21. The molecule has 0 aromatic heterocycles. The zero-order chi connectivity index (χ0) is 17.1. The van der Waals surface area contributed by atoms with Crippen molar-refractivity contribution in [3.05, 3.63) is 0 Å². The Morgan fingerprint density at radius 3 is 0.550 bits per heavy atom. The monoisotopic (exact) mass is 296 g/mol. The van der Waals surface area contributed by atoms with Gasteiger partial charge in [-0.05, 0) is 0 Å². The fourth-order valence-corrected chi connectivity index (χ4v) is 0. The Morgan fingerprint density at radius 1 is 0.500 bits per heavy atom. The summed E-state index contributed by atoms with van der Waals surface area (Å²) in [6.07, 6.45) is 0.889. The first kappa shape index (κ1) is 26.4. The van der Waals surface area contributed by atoms with Gasteiger partial charge in [-0.15, -0.1) is 0 Å². The second-order valence-electron chi connectivity index (χ2n) is 2.99. The first-order valence-electron chi connectivity index (χ1n) is 5.95. The highest BCUT2D eigenvalue weighted by molar-refractivity contribution is 5.66. The van der Waals surface area contributed by atoms with Crippen molar-refractivity contribution in [1.29, 1.82) is 0 Å². The normalized spacial score (nSPS) is 7.40. The van der Waals surface area contributed by atoms with Crippen molar-refractivity contribution < 1.29 is 39.6 Å². The number of hydrogen-bond donors (Lipinski definition) is 4. The van der Waals surface area contributed by atoms with Gasteiger partial charge in [0.1, 0.15) is 0 Å². The van der Waals surface area contributed by atoms with Gasteiger partial charge in [0.25, 0.3) is 0 Å². The van der Waals surface area contributed by atoms with Gasteiger partial charge in [-0.1, -0.05) is 27.7 Å². The van der Waals surface area contributed by atoms with Gasteiger partial charge in [-0.3, -0.25) is 19.2 Å². The van der Waals surface area contributed by atoms with E-state index in [0.717, 1.165) is 0 Å². The van der Waals surface area contributed by atoms with Crippen molar-refractivity contribution in [1.82, 2.24) is 0 Å². The Labute approximate surface area is 118 Å². The Balaban J connectivity index is -0.0000000853. The summed E-state index contributed by atoms with van der Waals surface area (Å²) in [5.74, 6) is -2.98. The lowest BCUT2D eigenvalue weighted by molar-refractivity contribution is -0.137. The predicted molar refractivity (Wildman–Crippen MR) is 71.7 cm³/mol. The molecular formula is C12H24O8. The maximum atomic E-state index is 9.37. The molecule has 0 aliphatic heterocycles. The van der Waals surface area contributed by atoms with Crippen LogP contribution in [0.2, 0.25) is 0 Å². The summed E-state index contributed by atoms with van der Waals surface area (Å²) in [6.45, 7) is 6.40. The van der Waals surface area contributed by atoms with Crippen LogP contribution in [0.25, 0.3) is 0 Å². The van der Waals surface area contributed by atoms with Crippen molar-refractivity contribution in [3.63, 3.8) is 0 Å². The summed E-state index contributed by atoms with van der Waals surface area (Å²) in [5, 5.41) is 30.9. The van der Waals surface area contributed by atoms with Gasteiger partial charge >= 0.3 is 23.9 Å². The zero-order valence-electron chi connectivity index (χ0n) is 12.3. The van der Waals surface area contributed by atoms with E-state index < -0.39 is 23.9 Å². The summed E-state index contributed by atoms with van der Waals surface area (Å²) < 4.78 is 0. The molecule has 0 aromatic rings. The van der Waals surface area contributed by atoms with Crippen LogP contribution in [0, 0.1) is 0 Å². The quantitative estimate of drug-likeness (QED) is 0.614. The highest BCUT2D eigenvalue weighted by Crippen LogP contribution is 1.68. The van der Waals surface area contributed by atoms with Crippen LogP contribution in [0.3, 0.4) is 0 Å². The van der Waals surface area contributed by atoms with E-state index in [1.807, 2.05) is 0 Å². The standard InChI is InChI=1S/4C3H6O2/c4*1-2-3(4)5/h4*2H2,1H3,(H,4,5). The van der Waals surface area contributed by atoms with Crippen LogP contribution in [-0.4, -0.2) is 44.3 Å². The Morgan fingerprint density at radius 2 is 0.550 bits per heavy atom. The average Bonchev–Trinajstić information content (AvgIpc) is 2.40. The van der Waals surface area contributed by atoms with E-state index in [4.69, 9.17) is 20.4 Å². The molecule has 0 aromatic carbocycles. The number of carboxylic acids is 4. The third-order valence-electron chi connectivity index (χ3n) is 1.21. The molecule has 0 aliphatic rings. The van der Waals surface area contributed by atoms with E-state index >= 15 is 0 Å². The van der Waals surface area contributed by atoms with Crippen LogP contribution in [-0.2, 0) is 19.2 Å². The van der Waals surface area contributed by atoms with Crippen molar-refractivity contribution in [3.8, 4) is 0 Å². The van der Waals surface area contributed by atoms with Gasteiger partial charge in [-0.2, -0.15) is 0 Å². The molecule has 0 spiro atoms. The molecule has 0 unspecified atom stereocenters. The van der Waals surface area contributed by atoms with Gasteiger partial charge < -0.3 is 20.4 Å². The first-order chi connectivity index (χ1) is 9.08. The van der Waals surface area contributed by atoms with Crippen LogP contribution in [0.1, 0.15) is 53.4 Å².